The van der Waals surface area contributed by atoms with Crippen LogP contribution in [0.15, 0.2) is 42.7 Å². The molecule has 2 heterocycles. The first-order valence-corrected chi connectivity index (χ1v) is 11.2. The molecule has 1 aliphatic rings. The zero-order valence-electron chi connectivity index (χ0n) is 16.9. The molecule has 0 spiro atoms. The fourth-order valence-electron chi connectivity index (χ4n) is 3.19. The molecule has 3 amide bonds. The zero-order chi connectivity index (χ0) is 21.8. The van der Waals surface area contributed by atoms with Gasteiger partial charge in [-0.3, -0.25) is 10.1 Å². The van der Waals surface area contributed by atoms with Gasteiger partial charge in [-0.2, -0.15) is 0 Å². The summed E-state index contributed by atoms with van der Waals surface area (Å²) in [6.45, 7) is 1.45. The van der Waals surface area contributed by atoms with Crippen molar-refractivity contribution in [1.29, 1.82) is 0 Å². The molecule has 9 heteroatoms. The van der Waals surface area contributed by atoms with Gasteiger partial charge >= 0.3 is 6.03 Å². The molecule has 7 nitrogen and oxygen atoms in total. The Balaban J connectivity index is 1.31. The van der Waals surface area contributed by atoms with Crippen LogP contribution in [0.5, 0.6) is 0 Å². The second-order valence-corrected chi connectivity index (χ2v) is 8.98. The highest BCUT2D eigenvalue weighted by atomic mass is 35.5. The number of rotatable bonds is 7. The van der Waals surface area contributed by atoms with Gasteiger partial charge in [0.15, 0.2) is 5.13 Å². The molecule has 1 saturated carbocycles. The number of benzene rings is 1. The van der Waals surface area contributed by atoms with Crippen molar-refractivity contribution in [3.8, 4) is 0 Å². The van der Waals surface area contributed by atoms with E-state index in [0.29, 0.717) is 27.6 Å². The van der Waals surface area contributed by atoms with Gasteiger partial charge in [0.2, 0.25) is 5.91 Å². The predicted octanol–water partition coefficient (Wildman–Crippen LogP) is 5.46. The van der Waals surface area contributed by atoms with Crippen molar-refractivity contribution in [3.05, 3.63) is 63.8 Å². The first-order chi connectivity index (χ1) is 15.0. The maximum absolute atomic E-state index is 12.4. The second kappa shape index (κ2) is 9.45. The number of carbonyl (C=O) groups excluding carboxylic acids is 2. The SMILES string of the molecule is CC(=O)Nc1cc(CCc2cnc(NC(=O)Nc3cc(C4CC4)ccc3Cl)s2)ccn1. The summed E-state index contributed by atoms with van der Waals surface area (Å²) < 4.78 is 0. The van der Waals surface area contributed by atoms with Crippen molar-refractivity contribution in [2.75, 3.05) is 16.0 Å². The number of thiazole rings is 1. The Morgan fingerprint density at radius 3 is 2.71 bits per heavy atom. The number of nitrogens with one attached hydrogen (secondary N) is 3. The summed E-state index contributed by atoms with van der Waals surface area (Å²) in [5.41, 5.74) is 2.87. The standard InChI is InChI=1S/C22H22ClN5O2S/c1-13(29)26-20-10-14(8-9-24-20)2-6-17-12-25-22(31-17)28-21(30)27-19-11-16(15-3-4-15)5-7-18(19)23/h5,7-12,15H,2-4,6H2,1H3,(H,24,26,29)(H2,25,27,28,30). The molecule has 0 saturated heterocycles. The summed E-state index contributed by atoms with van der Waals surface area (Å²) >= 11 is 7.65. The number of halogens is 1. The third-order valence-electron chi connectivity index (χ3n) is 4.85. The lowest BCUT2D eigenvalue weighted by atomic mass is 10.1. The highest BCUT2D eigenvalue weighted by Gasteiger charge is 2.24. The van der Waals surface area contributed by atoms with Gasteiger partial charge in [-0.05, 0) is 67.0 Å². The Kier molecular flexibility index (Phi) is 6.48. The molecule has 0 atom stereocenters. The number of urea groups is 1. The Labute approximate surface area is 189 Å². The van der Waals surface area contributed by atoms with Crippen LogP contribution in [0.1, 0.15) is 41.7 Å². The molecular weight excluding hydrogens is 434 g/mol. The summed E-state index contributed by atoms with van der Waals surface area (Å²) in [5.74, 6) is 0.969. The molecule has 1 aromatic carbocycles. The average Bonchev–Trinajstić information content (AvgIpc) is 3.48. The fraction of sp³-hybridized carbons (Fsp3) is 0.273. The van der Waals surface area contributed by atoms with Gasteiger partial charge in [-0.1, -0.05) is 17.7 Å². The number of aromatic nitrogens is 2. The van der Waals surface area contributed by atoms with Gasteiger partial charge in [0.05, 0.1) is 10.7 Å². The fourth-order valence-corrected chi connectivity index (χ4v) is 4.16. The van der Waals surface area contributed by atoms with E-state index in [2.05, 4.69) is 25.9 Å². The number of pyridine rings is 1. The quantitative estimate of drug-likeness (QED) is 0.441. The molecule has 4 rings (SSSR count). The van der Waals surface area contributed by atoms with Gasteiger partial charge in [0, 0.05) is 24.2 Å². The summed E-state index contributed by atoms with van der Waals surface area (Å²) in [6.07, 6.45) is 7.34. The lowest BCUT2D eigenvalue weighted by Crippen LogP contribution is -2.19. The van der Waals surface area contributed by atoms with Gasteiger partial charge in [0.1, 0.15) is 5.82 Å². The Bertz CT molecular complexity index is 1110. The van der Waals surface area contributed by atoms with E-state index in [1.807, 2.05) is 30.3 Å². The van der Waals surface area contributed by atoms with Crippen LogP contribution in [-0.2, 0) is 17.6 Å². The third-order valence-corrected chi connectivity index (χ3v) is 6.15. The second-order valence-electron chi connectivity index (χ2n) is 7.45. The molecule has 3 N–H and O–H groups in total. The maximum atomic E-state index is 12.4. The van der Waals surface area contributed by atoms with Crippen molar-refractivity contribution in [1.82, 2.24) is 9.97 Å². The molecule has 160 valence electrons. The van der Waals surface area contributed by atoms with Gasteiger partial charge in [-0.25, -0.2) is 14.8 Å². The minimum atomic E-state index is -0.371. The summed E-state index contributed by atoms with van der Waals surface area (Å²) in [6, 6.07) is 9.18. The monoisotopic (exact) mass is 455 g/mol. The topological polar surface area (TPSA) is 96.0 Å². The van der Waals surface area contributed by atoms with Crippen LogP contribution in [0.3, 0.4) is 0 Å². The maximum Gasteiger partial charge on any atom is 0.325 e. The lowest BCUT2D eigenvalue weighted by molar-refractivity contribution is -0.114. The number of hydrogen-bond donors (Lipinski definition) is 3. The van der Waals surface area contributed by atoms with Crippen LogP contribution in [-0.4, -0.2) is 21.9 Å². The normalized spacial score (nSPS) is 13.0. The van der Waals surface area contributed by atoms with Crippen LogP contribution in [0.4, 0.5) is 21.4 Å². The van der Waals surface area contributed by atoms with Gasteiger partial charge in [-0.15, -0.1) is 11.3 Å². The zero-order valence-corrected chi connectivity index (χ0v) is 18.5. The van der Waals surface area contributed by atoms with Crippen LogP contribution in [0.2, 0.25) is 5.02 Å². The first-order valence-electron chi connectivity index (χ1n) is 10.0. The summed E-state index contributed by atoms with van der Waals surface area (Å²) in [5, 5.41) is 9.30. The molecule has 0 unspecified atom stereocenters. The van der Waals surface area contributed by atoms with Crippen molar-refractivity contribution < 1.29 is 9.59 Å². The molecule has 1 aliphatic carbocycles. The average molecular weight is 456 g/mol. The summed E-state index contributed by atoms with van der Waals surface area (Å²) in [7, 11) is 0. The van der Waals surface area contributed by atoms with E-state index >= 15 is 0 Å². The van der Waals surface area contributed by atoms with Gasteiger partial charge < -0.3 is 10.6 Å². The molecule has 2 aromatic heterocycles. The number of amides is 3. The molecular formula is C22H22ClN5O2S. The number of anilines is 3. The van der Waals surface area contributed by atoms with Crippen molar-refractivity contribution >= 4 is 51.5 Å². The molecule has 31 heavy (non-hydrogen) atoms. The molecule has 1 fully saturated rings. The van der Waals surface area contributed by atoms with E-state index in [-0.39, 0.29) is 11.9 Å². The van der Waals surface area contributed by atoms with E-state index in [9.17, 15) is 9.59 Å². The molecule has 0 radical (unpaired) electrons. The van der Waals surface area contributed by atoms with Crippen LogP contribution >= 0.6 is 22.9 Å². The predicted molar refractivity (Wildman–Crippen MR) is 124 cm³/mol. The Morgan fingerprint density at radius 2 is 1.94 bits per heavy atom. The van der Waals surface area contributed by atoms with Crippen molar-refractivity contribution in [2.45, 2.75) is 38.5 Å². The molecule has 3 aromatic rings. The van der Waals surface area contributed by atoms with Crippen molar-refractivity contribution in [2.24, 2.45) is 0 Å². The van der Waals surface area contributed by atoms with E-state index in [1.165, 1.54) is 36.7 Å². The smallest absolute Gasteiger partial charge is 0.311 e. The number of hydrogen-bond acceptors (Lipinski definition) is 5. The van der Waals surface area contributed by atoms with E-state index in [1.54, 1.807) is 12.4 Å². The minimum Gasteiger partial charge on any atom is -0.311 e. The lowest BCUT2D eigenvalue weighted by Gasteiger charge is -2.09. The van der Waals surface area contributed by atoms with Crippen molar-refractivity contribution in [3.63, 3.8) is 0 Å². The number of aryl methyl sites for hydroxylation is 2. The van der Waals surface area contributed by atoms with E-state index < -0.39 is 0 Å². The molecule has 0 bridgehead atoms. The van der Waals surface area contributed by atoms with Crippen LogP contribution < -0.4 is 16.0 Å². The largest absolute Gasteiger partial charge is 0.325 e. The van der Waals surface area contributed by atoms with E-state index in [4.69, 9.17) is 11.6 Å². The third kappa shape index (κ3) is 6.02. The van der Waals surface area contributed by atoms with E-state index in [0.717, 1.165) is 23.3 Å². The van der Waals surface area contributed by atoms with Crippen LogP contribution in [0.25, 0.3) is 0 Å². The minimum absolute atomic E-state index is 0.151. The highest BCUT2D eigenvalue weighted by molar-refractivity contribution is 7.15. The van der Waals surface area contributed by atoms with Gasteiger partial charge in [0.25, 0.3) is 0 Å². The summed E-state index contributed by atoms with van der Waals surface area (Å²) in [4.78, 5) is 33.0. The Morgan fingerprint density at radius 1 is 1.10 bits per heavy atom. The Hall–Kier alpha value is -2.97. The number of carbonyl (C=O) groups is 2. The number of nitrogens with zero attached hydrogens (tertiary/aromatic N) is 2. The molecule has 0 aliphatic heterocycles. The van der Waals surface area contributed by atoms with Crippen LogP contribution in [0, 0.1) is 0 Å². The first kappa shape index (κ1) is 21.3. The highest BCUT2D eigenvalue weighted by Crippen LogP contribution is 2.41.